The minimum absolute atomic E-state index is 0.00572. The summed E-state index contributed by atoms with van der Waals surface area (Å²) in [6, 6.07) is 0. The van der Waals surface area contributed by atoms with Gasteiger partial charge in [-0.3, -0.25) is 4.79 Å². The Balaban J connectivity index is 2.99. The molecule has 0 aliphatic heterocycles. The Labute approximate surface area is 106 Å². The second-order valence-electron chi connectivity index (χ2n) is 4.30. The largest absolute Gasteiger partial charge is 0.465 e. The Kier molecular flexibility index (Phi) is 4.85. The molecule has 0 bridgehead atoms. The molecule has 106 valence electrons. The molecule has 0 aromatic heterocycles. The van der Waals surface area contributed by atoms with Gasteiger partial charge in [0.15, 0.2) is 23.3 Å². The zero-order valence-electron chi connectivity index (χ0n) is 10.2. The first-order valence-electron chi connectivity index (χ1n) is 5.41. The maximum absolute atomic E-state index is 13.2. The summed E-state index contributed by atoms with van der Waals surface area (Å²) in [5.41, 5.74) is -1.19. The first-order valence-corrected chi connectivity index (χ1v) is 5.41. The molecular weight excluding hydrogens is 271 g/mol. The highest BCUT2D eigenvalue weighted by molar-refractivity contribution is 5.72. The first kappa shape index (κ1) is 15.4. The molecule has 0 unspecified atom stereocenters. The molecule has 0 saturated heterocycles. The van der Waals surface area contributed by atoms with Gasteiger partial charge in [-0.05, 0) is 5.92 Å². The molecule has 0 radical (unpaired) electrons. The van der Waals surface area contributed by atoms with Crippen LogP contribution in [0.4, 0.5) is 22.0 Å². The Hall–Kier alpha value is -1.66. The van der Waals surface area contributed by atoms with Crippen molar-refractivity contribution in [2.75, 3.05) is 6.61 Å². The summed E-state index contributed by atoms with van der Waals surface area (Å²) in [5, 5.41) is 0. The van der Waals surface area contributed by atoms with Gasteiger partial charge >= 0.3 is 5.97 Å². The van der Waals surface area contributed by atoms with Crippen molar-refractivity contribution in [1.82, 2.24) is 0 Å². The molecule has 1 rings (SSSR count). The van der Waals surface area contributed by atoms with Crippen molar-refractivity contribution in [3.63, 3.8) is 0 Å². The fraction of sp³-hybridized carbons (Fsp3) is 0.417. The number of hydrogen-bond acceptors (Lipinski definition) is 2. The molecule has 0 atom stereocenters. The number of rotatable bonds is 4. The van der Waals surface area contributed by atoms with Crippen LogP contribution in [0.15, 0.2) is 0 Å². The summed E-state index contributed by atoms with van der Waals surface area (Å²) in [6.07, 6.45) is -1.02. The molecule has 0 saturated carbocycles. The van der Waals surface area contributed by atoms with Gasteiger partial charge in [0.05, 0.1) is 13.0 Å². The topological polar surface area (TPSA) is 26.3 Å². The van der Waals surface area contributed by atoms with Crippen LogP contribution in [0.3, 0.4) is 0 Å². The van der Waals surface area contributed by atoms with Crippen molar-refractivity contribution in [1.29, 1.82) is 0 Å². The molecule has 0 fully saturated rings. The third-order valence-corrected chi connectivity index (χ3v) is 2.20. The van der Waals surface area contributed by atoms with Crippen LogP contribution in [-0.2, 0) is 16.0 Å². The van der Waals surface area contributed by atoms with E-state index in [1.54, 1.807) is 13.8 Å². The third-order valence-electron chi connectivity index (χ3n) is 2.20. The van der Waals surface area contributed by atoms with Gasteiger partial charge in [-0.2, -0.15) is 0 Å². The monoisotopic (exact) mass is 282 g/mol. The van der Waals surface area contributed by atoms with E-state index in [1.807, 2.05) is 0 Å². The van der Waals surface area contributed by atoms with E-state index in [1.165, 1.54) is 0 Å². The van der Waals surface area contributed by atoms with Crippen LogP contribution in [0.2, 0.25) is 0 Å². The predicted octanol–water partition coefficient (Wildman–Crippen LogP) is 3.12. The summed E-state index contributed by atoms with van der Waals surface area (Å²) >= 11 is 0. The van der Waals surface area contributed by atoms with Gasteiger partial charge < -0.3 is 4.74 Å². The highest BCUT2D eigenvalue weighted by Gasteiger charge is 2.27. The maximum Gasteiger partial charge on any atom is 0.310 e. The molecule has 19 heavy (non-hydrogen) atoms. The summed E-state index contributed by atoms with van der Waals surface area (Å²) in [7, 11) is 0. The van der Waals surface area contributed by atoms with E-state index in [2.05, 4.69) is 4.74 Å². The van der Waals surface area contributed by atoms with E-state index in [-0.39, 0.29) is 12.5 Å². The second kappa shape index (κ2) is 5.99. The number of carbonyl (C=O) groups is 1. The van der Waals surface area contributed by atoms with Gasteiger partial charge in [-0.1, -0.05) is 13.8 Å². The first-order chi connectivity index (χ1) is 8.75. The van der Waals surface area contributed by atoms with Crippen LogP contribution in [0.1, 0.15) is 19.4 Å². The summed E-state index contributed by atoms with van der Waals surface area (Å²) in [5.74, 6) is -11.5. The molecular formula is C12H11F5O2. The Morgan fingerprint density at radius 1 is 0.947 bits per heavy atom. The lowest BCUT2D eigenvalue weighted by molar-refractivity contribution is -0.144. The molecule has 2 nitrogen and oxygen atoms in total. The molecule has 0 amide bonds. The quantitative estimate of drug-likeness (QED) is 0.367. The van der Waals surface area contributed by atoms with Crippen molar-refractivity contribution < 1.29 is 31.5 Å². The fourth-order valence-electron chi connectivity index (χ4n) is 1.26. The average molecular weight is 282 g/mol. The lowest BCUT2D eigenvalue weighted by Crippen LogP contribution is -2.16. The van der Waals surface area contributed by atoms with Crippen molar-refractivity contribution in [3.8, 4) is 0 Å². The van der Waals surface area contributed by atoms with Crippen molar-refractivity contribution in [3.05, 3.63) is 34.6 Å². The van der Waals surface area contributed by atoms with Crippen LogP contribution in [0.5, 0.6) is 0 Å². The number of benzene rings is 1. The van der Waals surface area contributed by atoms with Gasteiger partial charge in [0.2, 0.25) is 5.82 Å². The van der Waals surface area contributed by atoms with E-state index in [4.69, 9.17) is 0 Å². The lowest BCUT2D eigenvalue weighted by Gasteiger charge is -2.09. The fourth-order valence-corrected chi connectivity index (χ4v) is 1.26. The summed E-state index contributed by atoms with van der Waals surface area (Å²) < 4.78 is 69.5. The Bertz CT molecular complexity index is 470. The van der Waals surface area contributed by atoms with Gasteiger partial charge in [-0.15, -0.1) is 0 Å². The molecule has 0 N–H and O–H groups in total. The van der Waals surface area contributed by atoms with E-state index < -0.39 is 47.0 Å². The molecule has 1 aromatic rings. The van der Waals surface area contributed by atoms with Crippen molar-refractivity contribution >= 4 is 5.97 Å². The highest BCUT2D eigenvalue weighted by atomic mass is 19.2. The van der Waals surface area contributed by atoms with E-state index in [0.717, 1.165) is 0 Å². The normalized spacial score (nSPS) is 10.9. The van der Waals surface area contributed by atoms with Crippen molar-refractivity contribution in [2.45, 2.75) is 20.3 Å². The van der Waals surface area contributed by atoms with Crippen molar-refractivity contribution in [2.24, 2.45) is 5.92 Å². The molecule has 7 heteroatoms. The smallest absolute Gasteiger partial charge is 0.310 e. The Morgan fingerprint density at radius 3 is 1.79 bits per heavy atom. The van der Waals surface area contributed by atoms with Crippen LogP contribution in [0.25, 0.3) is 0 Å². The number of esters is 1. The van der Waals surface area contributed by atoms with Gasteiger partial charge in [0, 0.05) is 5.56 Å². The third kappa shape index (κ3) is 3.42. The number of halogens is 5. The predicted molar refractivity (Wildman–Crippen MR) is 55.7 cm³/mol. The van der Waals surface area contributed by atoms with Crippen LogP contribution in [-0.4, -0.2) is 12.6 Å². The standard InChI is InChI=1S/C12H11F5O2/c1-5(2)4-19-7(18)3-6-8(13)10(15)12(17)11(16)9(6)14/h5H,3-4H2,1-2H3. The lowest BCUT2D eigenvalue weighted by atomic mass is 10.1. The molecule has 0 aliphatic carbocycles. The van der Waals surface area contributed by atoms with E-state index in [0.29, 0.717) is 0 Å². The molecule has 1 aromatic carbocycles. The minimum atomic E-state index is -2.26. The zero-order chi connectivity index (χ0) is 14.7. The van der Waals surface area contributed by atoms with Gasteiger partial charge in [0.25, 0.3) is 0 Å². The average Bonchev–Trinajstić information content (AvgIpc) is 2.36. The number of ether oxygens (including phenoxy) is 1. The van der Waals surface area contributed by atoms with E-state index in [9.17, 15) is 26.7 Å². The summed E-state index contributed by atoms with van der Waals surface area (Å²) in [6.45, 7) is 3.45. The minimum Gasteiger partial charge on any atom is -0.465 e. The van der Waals surface area contributed by atoms with Crippen LogP contribution < -0.4 is 0 Å². The molecule has 0 aliphatic rings. The molecule has 0 heterocycles. The summed E-state index contributed by atoms with van der Waals surface area (Å²) in [4.78, 5) is 11.2. The SMILES string of the molecule is CC(C)COC(=O)Cc1c(F)c(F)c(F)c(F)c1F. The van der Waals surface area contributed by atoms with Gasteiger partial charge in [-0.25, -0.2) is 22.0 Å². The van der Waals surface area contributed by atoms with Crippen LogP contribution >= 0.6 is 0 Å². The van der Waals surface area contributed by atoms with E-state index >= 15 is 0 Å². The van der Waals surface area contributed by atoms with Crippen LogP contribution in [0, 0.1) is 35.0 Å². The maximum atomic E-state index is 13.2. The number of carbonyl (C=O) groups excluding carboxylic acids is 1. The second-order valence-corrected chi connectivity index (χ2v) is 4.30. The zero-order valence-corrected chi connectivity index (χ0v) is 10.2. The highest BCUT2D eigenvalue weighted by Crippen LogP contribution is 2.23. The Morgan fingerprint density at radius 2 is 1.37 bits per heavy atom. The molecule has 0 spiro atoms. The van der Waals surface area contributed by atoms with Gasteiger partial charge in [0.1, 0.15) is 0 Å². The number of hydrogen-bond donors (Lipinski definition) is 0.